The minimum Gasteiger partial charge on any atom is -0.489 e. The molecule has 0 aromatic heterocycles. The van der Waals surface area contributed by atoms with Gasteiger partial charge in [0.25, 0.3) is 5.91 Å². The van der Waals surface area contributed by atoms with Gasteiger partial charge in [-0.1, -0.05) is 42.3 Å². The zero-order valence-electron chi connectivity index (χ0n) is 13.1. The smallest absolute Gasteiger partial charge is 0.251 e. The highest BCUT2D eigenvalue weighted by atomic mass is 35.5. The Morgan fingerprint density at radius 1 is 1.17 bits per heavy atom. The zero-order chi connectivity index (χ0) is 16.8. The second-order valence-electron chi connectivity index (χ2n) is 5.35. The summed E-state index contributed by atoms with van der Waals surface area (Å²) < 4.78 is 5.73. The van der Waals surface area contributed by atoms with Gasteiger partial charge in [0.15, 0.2) is 0 Å². The third kappa shape index (κ3) is 5.15. The van der Waals surface area contributed by atoms with E-state index < -0.39 is 0 Å². The molecular weight excluding hydrogens is 333 g/mol. The van der Waals surface area contributed by atoms with Crippen LogP contribution >= 0.6 is 23.2 Å². The summed E-state index contributed by atoms with van der Waals surface area (Å²) in [5.41, 5.74) is 1.49. The Bertz CT molecular complexity index is 688. The van der Waals surface area contributed by atoms with Crippen molar-refractivity contribution in [2.75, 3.05) is 0 Å². The number of hydrogen-bond donors (Lipinski definition) is 1. The zero-order valence-corrected chi connectivity index (χ0v) is 14.6. The number of nitrogens with one attached hydrogen (secondary N) is 1. The van der Waals surface area contributed by atoms with Gasteiger partial charge >= 0.3 is 0 Å². The first kappa shape index (κ1) is 17.6. The Balaban J connectivity index is 2.02. The van der Waals surface area contributed by atoms with E-state index >= 15 is 0 Å². The highest BCUT2D eigenvalue weighted by molar-refractivity contribution is 6.42. The first-order valence-electron chi connectivity index (χ1n) is 7.47. The van der Waals surface area contributed by atoms with Crippen LogP contribution in [0.1, 0.15) is 36.2 Å². The van der Waals surface area contributed by atoms with Gasteiger partial charge in [-0.25, -0.2) is 0 Å². The van der Waals surface area contributed by atoms with E-state index in [0.717, 1.165) is 12.0 Å². The van der Waals surface area contributed by atoms with Crippen LogP contribution in [-0.4, -0.2) is 11.9 Å². The minimum atomic E-state index is -0.0978. The summed E-state index contributed by atoms with van der Waals surface area (Å²) in [6.07, 6.45) is 0.888. The van der Waals surface area contributed by atoms with Crippen LogP contribution in [0.15, 0.2) is 42.5 Å². The molecule has 2 aromatic rings. The van der Waals surface area contributed by atoms with Crippen LogP contribution in [-0.2, 0) is 6.61 Å². The van der Waals surface area contributed by atoms with Gasteiger partial charge in [0.05, 0.1) is 10.0 Å². The van der Waals surface area contributed by atoms with E-state index in [1.807, 2.05) is 26.0 Å². The SMILES string of the molecule is CC[C@@H](C)NC(=O)c1cccc(OCc2ccc(Cl)c(Cl)c2)c1. The fraction of sp³-hybridized carbons (Fsp3) is 0.278. The van der Waals surface area contributed by atoms with Crippen LogP contribution in [0.3, 0.4) is 0 Å². The maximum absolute atomic E-state index is 12.1. The molecule has 0 spiro atoms. The second-order valence-corrected chi connectivity index (χ2v) is 6.16. The number of amides is 1. The van der Waals surface area contributed by atoms with E-state index in [0.29, 0.717) is 28.0 Å². The van der Waals surface area contributed by atoms with E-state index in [-0.39, 0.29) is 11.9 Å². The lowest BCUT2D eigenvalue weighted by molar-refractivity contribution is 0.0939. The van der Waals surface area contributed by atoms with E-state index in [2.05, 4.69) is 5.32 Å². The van der Waals surface area contributed by atoms with Gasteiger partial charge in [-0.3, -0.25) is 4.79 Å². The van der Waals surface area contributed by atoms with Crippen molar-refractivity contribution < 1.29 is 9.53 Å². The first-order valence-corrected chi connectivity index (χ1v) is 8.23. The fourth-order valence-corrected chi connectivity index (χ4v) is 2.25. The van der Waals surface area contributed by atoms with E-state index in [1.165, 1.54) is 0 Å². The average molecular weight is 352 g/mol. The van der Waals surface area contributed by atoms with E-state index in [4.69, 9.17) is 27.9 Å². The van der Waals surface area contributed by atoms with Crippen LogP contribution in [0.5, 0.6) is 5.75 Å². The van der Waals surface area contributed by atoms with Crippen molar-refractivity contribution in [3.05, 3.63) is 63.6 Å². The van der Waals surface area contributed by atoms with Gasteiger partial charge in [0, 0.05) is 11.6 Å². The van der Waals surface area contributed by atoms with E-state index in [9.17, 15) is 4.79 Å². The molecule has 0 fully saturated rings. The topological polar surface area (TPSA) is 38.3 Å². The number of rotatable bonds is 6. The number of carbonyl (C=O) groups excluding carboxylic acids is 1. The number of ether oxygens (including phenoxy) is 1. The molecule has 0 bridgehead atoms. The van der Waals surface area contributed by atoms with Crippen molar-refractivity contribution in [1.82, 2.24) is 5.32 Å². The highest BCUT2D eigenvalue weighted by Gasteiger charge is 2.09. The Morgan fingerprint density at radius 3 is 2.65 bits per heavy atom. The molecular formula is C18H19Cl2NO2. The molecule has 23 heavy (non-hydrogen) atoms. The Morgan fingerprint density at radius 2 is 1.96 bits per heavy atom. The molecule has 2 aromatic carbocycles. The lowest BCUT2D eigenvalue weighted by Gasteiger charge is -2.12. The predicted molar refractivity (Wildman–Crippen MR) is 94.5 cm³/mol. The van der Waals surface area contributed by atoms with Crippen molar-refractivity contribution in [1.29, 1.82) is 0 Å². The predicted octanol–water partition coefficient (Wildman–Crippen LogP) is 5.10. The highest BCUT2D eigenvalue weighted by Crippen LogP contribution is 2.23. The Labute approximate surface area is 146 Å². The summed E-state index contributed by atoms with van der Waals surface area (Å²) >= 11 is 11.9. The molecule has 3 nitrogen and oxygen atoms in total. The second kappa shape index (κ2) is 8.23. The Hall–Kier alpha value is -1.71. The molecule has 0 aliphatic heterocycles. The summed E-state index contributed by atoms with van der Waals surface area (Å²) in [5, 5.41) is 3.94. The minimum absolute atomic E-state index is 0.0978. The van der Waals surface area contributed by atoms with Gasteiger partial charge in [0.2, 0.25) is 0 Å². The normalized spacial score (nSPS) is 11.8. The molecule has 5 heteroatoms. The van der Waals surface area contributed by atoms with E-state index in [1.54, 1.807) is 30.3 Å². The molecule has 0 saturated heterocycles. The molecule has 0 aliphatic rings. The molecule has 0 radical (unpaired) electrons. The standard InChI is InChI=1S/C18H19Cl2NO2/c1-3-12(2)21-18(22)14-5-4-6-15(10-14)23-11-13-7-8-16(19)17(20)9-13/h4-10,12H,3,11H2,1-2H3,(H,21,22)/t12-/m1/s1. The molecule has 0 saturated carbocycles. The summed E-state index contributed by atoms with van der Waals surface area (Å²) in [6, 6.07) is 12.6. The van der Waals surface area contributed by atoms with Crippen molar-refractivity contribution in [3.63, 3.8) is 0 Å². The Kier molecular flexibility index (Phi) is 6.31. The first-order chi connectivity index (χ1) is 11.0. The number of halogens is 2. The van der Waals surface area contributed by atoms with Crippen LogP contribution in [0, 0.1) is 0 Å². The third-order valence-electron chi connectivity index (χ3n) is 3.48. The lowest BCUT2D eigenvalue weighted by atomic mass is 10.1. The van der Waals surface area contributed by atoms with Crippen molar-refractivity contribution in [2.24, 2.45) is 0 Å². The van der Waals surface area contributed by atoms with Crippen molar-refractivity contribution in [3.8, 4) is 5.75 Å². The lowest BCUT2D eigenvalue weighted by Crippen LogP contribution is -2.31. The van der Waals surface area contributed by atoms with Gasteiger partial charge in [-0.2, -0.15) is 0 Å². The molecule has 0 heterocycles. The summed E-state index contributed by atoms with van der Waals surface area (Å²) in [5.74, 6) is 0.534. The molecule has 0 aliphatic carbocycles. The molecule has 1 N–H and O–H groups in total. The summed E-state index contributed by atoms with van der Waals surface area (Å²) in [6.45, 7) is 4.36. The number of hydrogen-bond acceptors (Lipinski definition) is 2. The molecule has 1 amide bonds. The van der Waals surface area contributed by atoms with Gasteiger partial charge in [0.1, 0.15) is 12.4 Å². The van der Waals surface area contributed by atoms with Crippen LogP contribution in [0.25, 0.3) is 0 Å². The average Bonchev–Trinajstić information content (AvgIpc) is 2.56. The molecule has 122 valence electrons. The fourth-order valence-electron chi connectivity index (χ4n) is 1.93. The van der Waals surface area contributed by atoms with Gasteiger partial charge < -0.3 is 10.1 Å². The van der Waals surface area contributed by atoms with Gasteiger partial charge in [-0.15, -0.1) is 0 Å². The quantitative estimate of drug-likeness (QED) is 0.785. The van der Waals surface area contributed by atoms with Crippen LogP contribution in [0.2, 0.25) is 10.0 Å². The largest absolute Gasteiger partial charge is 0.489 e. The molecule has 0 unspecified atom stereocenters. The molecule has 1 atom stereocenters. The van der Waals surface area contributed by atoms with Crippen LogP contribution in [0.4, 0.5) is 0 Å². The molecule has 2 rings (SSSR count). The maximum atomic E-state index is 12.1. The third-order valence-corrected chi connectivity index (χ3v) is 4.21. The number of benzene rings is 2. The van der Waals surface area contributed by atoms with Gasteiger partial charge in [-0.05, 0) is 49.2 Å². The van der Waals surface area contributed by atoms with Crippen LogP contribution < -0.4 is 10.1 Å². The van der Waals surface area contributed by atoms with Crippen molar-refractivity contribution in [2.45, 2.75) is 32.9 Å². The maximum Gasteiger partial charge on any atom is 0.251 e. The monoisotopic (exact) mass is 351 g/mol. The van der Waals surface area contributed by atoms with Crippen molar-refractivity contribution >= 4 is 29.1 Å². The number of carbonyl (C=O) groups is 1. The summed E-state index contributed by atoms with van der Waals surface area (Å²) in [7, 11) is 0. The summed E-state index contributed by atoms with van der Waals surface area (Å²) in [4.78, 5) is 12.1.